The van der Waals surface area contributed by atoms with Gasteiger partial charge in [0.25, 0.3) is 23.3 Å². The number of unbranched alkanes of at least 4 members (excludes halogenated alkanes) is 2. The summed E-state index contributed by atoms with van der Waals surface area (Å²) in [6, 6.07) is 5.83. The van der Waals surface area contributed by atoms with E-state index in [2.05, 4.69) is 58.4 Å². The number of carbonyl (C=O) groups excluding carboxylic acids is 6. The molecule has 2 saturated heterocycles. The Morgan fingerprint density at radius 3 is 2.49 bits per heavy atom. The van der Waals surface area contributed by atoms with Gasteiger partial charge in [-0.3, -0.25) is 57.9 Å². The van der Waals surface area contributed by atoms with Crippen molar-refractivity contribution in [1.29, 1.82) is 0 Å². The Morgan fingerprint density at radius 1 is 0.974 bits per heavy atom. The molecule has 2 unspecified atom stereocenters. The fourth-order valence-corrected chi connectivity index (χ4v) is 12.3. The lowest BCUT2D eigenvalue weighted by Gasteiger charge is -2.27. The first-order valence-electron chi connectivity index (χ1n) is 25.0. The molecule has 6 amide bonds. The van der Waals surface area contributed by atoms with Crippen LogP contribution in [0.2, 0.25) is 0 Å². The predicted molar refractivity (Wildman–Crippen MR) is 282 cm³/mol. The van der Waals surface area contributed by atoms with Crippen LogP contribution >= 0.6 is 25.8 Å². The molecule has 6 heterocycles. The summed E-state index contributed by atoms with van der Waals surface area (Å²) in [7, 11) is 0. The van der Waals surface area contributed by atoms with Gasteiger partial charge in [0.2, 0.25) is 29.5 Å². The number of benzene rings is 1. The Kier molecular flexibility index (Phi) is 19.1. The van der Waals surface area contributed by atoms with Crippen LogP contribution in [0.5, 0.6) is 5.88 Å². The molecule has 4 aliphatic rings. The molecule has 4 aromatic rings. The summed E-state index contributed by atoms with van der Waals surface area (Å²) in [5.41, 5.74) is -0.780. The molecule has 3 aliphatic heterocycles. The van der Waals surface area contributed by atoms with Crippen molar-refractivity contribution in [3.63, 3.8) is 0 Å². The zero-order valence-electron chi connectivity index (χ0n) is 42.4. The molecule has 1 aromatic carbocycles. The van der Waals surface area contributed by atoms with E-state index in [0.717, 1.165) is 11.2 Å². The summed E-state index contributed by atoms with van der Waals surface area (Å²) in [6.45, 7) is -3.99. The van der Waals surface area contributed by atoms with Crippen LogP contribution in [0.15, 0.2) is 66.1 Å². The number of hydrogen-bond acceptors (Lipinski definition) is 20. The Labute approximate surface area is 456 Å². The Bertz CT molecular complexity index is 3060. The van der Waals surface area contributed by atoms with E-state index < -0.39 is 92.2 Å². The SMILES string of the molecule is CC(C)[C@H](NC(=O)CCCCCN1C(=O)C=CC1=O)C(=O)N[C@@H](C)C(=O)NCc1ccccc1C(=O)Nc1nc2c(ncn2[C@@H]2O[C@H]3COP(O)(=S)O[C@H]4C[C@H](Oc5ccncn5)C[C@@H]4CCOP(=O)(S)O[C@@H]2[C@@H]3O)c(=O)[nH]1. The summed E-state index contributed by atoms with van der Waals surface area (Å²) in [4.78, 5) is 122. The van der Waals surface area contributed by atoms with Gasteiger partial charge in [-0.2, -0.15) is 4.98 Å². The molecule has 1 saturated carbocycles. The first-order valence-corrected chi connectivity index (χ1v) is 30.3. The minimum absolute atomic E-state index is 0.0722. The molecule has 0 spiro atoms. The van der Waals surface area contributed by atoms with Crippen molar-refractivity contribution in [3.05, 3.63) is 82.8 Å². The monoisotopic (exact) mass is 1160 g/mol. The number of aliphatic hydroxyl groups is 1. The van der Waals surface area contributed by atoms with Crippen molar-refractivity contribution in [2.45, 2.75) is 121 Å². The second-order valence-electron chi connectivity index (χ2n) is 19.2. The lowest BCUT2D eigenvalue weighted by molar-refractivity contribution is -0.137. The smallest absolute Gasteiger partial charge is 0.386 e. The van der Waals surface area contributed by atoms with Crippen LogP contribution in [0.3, 0.4) is 0 Å². The van der Waals surface area contributed by atoms with Gasteiger partial charge < -0.3 is 49.0 Å². The van der Waals surface area contributed by atoms with Crippen LogP contribution < -0.4 is 31.6 Å². The Hall–Kier alpha value is -5.84. The van der Waals surface area contributed by atoms with Gasteiger partial charge in [0.15, 0.2) is 17.4 Å². The highest BCUT2D eigenvalue weighted by Crippen LogP contribution is 2.58. The predicted octanol–water partition coefficient (Wildman–Crippen LogP) is 2.49. The third-order valence-electron chi connectivity index (χ3n) is 13.3. The summed E-state index contributed by atoms with van der Waals surface area (Å²) in [5.74, 6) is -3.73. The van der Waals surface area contributed by atoms with Crippen LogP contribution in [0, 0.1) is 11.8 Å². The third kappa shape index (κ3) is 14.7. The summed E-state index contributed by atoms with van der Waals surface area (Å²) >= 11 is 9.61. The Morgan fingerprint density at radius 2 is 1.74 bits per heavy atom. The van der Waals surface area contributed by atoms with Gasteiger partial charge in [0, 0.05) is 55.9 Å². The molecule has 0 radical (unpaired) electrons. The molecule has 3 aromatic heterocycles. The first-order chi connectivity index (χ1) is 37.1. The van der Waals surface area contributed by atoms with E-state index in [9.17, 15) is 48.1 Å². The fourth-order valence-electron chi connectivity index (χ4n) is 9.26. The summed E-state index contributed by atoms with van der Waals surface area (Å²) in [5, 5.41) is 22.2. The standard InChI is InChI=1S/C47H59N11O16P2S2/c1-25(2)37(53-33(59)11-5-4-8-17-57-35(60)12-13-36(57)61)44(65)52-26(3)42(63)49-21-28-9-6-7-10-30(28)43(64)55-47-54-41-38(45(66)56-47)51-24-58(41)46-40-39(62)32(72-46)22-70-76(68,78)73-31-20-29(71-34-14-16-48-23-50-34)19-27(31)15-18-69-75(67,77)74-40/h6-7,9-10,12-14,16,23-27,29,31-32,37,39-40,46,62H,4-5,8,11,15,17-22H2,1-3H3,(H,49,63)(H,52,65)(H,53,59)(H,67,77)(H,68,78)(H2,54,55,56,64,66)/t26-,27-,29+,31-,32-,37-,39+,40+,46+,75?,76?/m0/s1. The number of aliphatic hydroxyl groups excluding tert-OH is 1. The van der Waals surface area contributed by atoms with Gasteiger partial charge in [-0.15, -0.1) is 0 Å². The van der Waals surface area contributed by atoms with E-state index in [1.807, 2.05) is 0 Å². The number of ether oxygens (including phenoxy) is 2. The molecule has 420 valence electrons. The molecule has 1 aliphatic carbocycles. The number of nitrogens with one attached hydrogen (secondary N) is 5. The maximum absolute atomic E-state index is 13.9. The number of imide groups is 1. The first kappa shape index (κ1) is 58.3. The molecule has 31 heteroatoms. The van der Waals surface area contributed by atoms with Crippen molar-refractivity contribution in [2.24, 2.45) is 11.8 Å². The van der Waals surface area contributed by atoms with Gasteiger partial charge >= 0.3 is 13.5 Å². The highest BCUT2D eigenvalue weighted by Gasteiger charge is 2.50. The van der Waals surface area contributed by atoms with Gasteiger partial charge in [-0.25, -0.2) is 19.5 Å². The van der Waals surface area contributed by atoms with Crippen molar-refractivity contribution in [2.75, 3.05) is 25.1 Å². The topological polar surface area (TPSA) is 356 Å². The lowest BCUT2D eigenvalue weighted by atomic mass is 10.0. The number of anilines is 1. The minimum Gasteiger partial charge on any atom is -0.474 e. The molecule has 3 fully saturated rings. The maximum atomic E-state index is 13.9. The van der Waals surface area contributed by atoms with E-state index in [-0.39, 0.29) is 84.8 Å². The lowest BCUT2D eigenvalue weighted by Crippen LogP contribution is -2.54. The van der Waals surface area contributed by atoms with E-state index in [1.165, 1.54) is 42.2 Å². The third-order valence-corrected chi connectivity index (χ3v) is 16.5. The maximum Gasteiger partial charge on any atom is 0.386 e. The molecule has 11 atom stereocenters. The largest absolute Gasteiger partial charge is 0.474 e. The number of hydrogen-bond donors (Lipinski definition) is 8. The van der Waals surface area contributed by atoms with Crippen molar-refractivity contribution in [3.8, 4) is 5.88 Å². The van der Waals surface area contributed by atoms with Crippen molar-refractivity contribution >= 4 is 90.1 Å². The normalized spacial score (nSPS) is 27.2. The quantitative estimate of drug-likeness (QED) is 0.0307. The number of imidazole rings is 1. The molecule has 27 nitrogen and oxygen atoms in total. The van der Waals surface area contributed by atoms with Gasteiger partial charge in [-0.05, 0) is 67.9 Å². The van der Waals surface area contributed by atoms with E-state index >= 15 is 0 Å². The molecule has 2 bridgehead atoms. The molecule has 7 N–H and O–H groups in total. The minimum atomic E-state index is -4.29. The highest BCUT2D eigenvalue weighted by molar-refractivity contribution is 8.44. The molecule has 78 heavy (non-hydrogen) atoms. The van der Waals surface area contributed by atoms with Crippen LogP contribution in [0.4, 0.5) is 5.95 Å². The molecular formula is C47H59N11O16P2S2. The number of aromatic nitrogens is 6. The fraction of sp³-hybridized carbons (Fsp3) is 0.511. The number of thiol groups is 1. The number of amides is 6. The summed E-state index contributed by atoms with van der Waals surface area (Å²) in [6.07, 6.45) is 2.05. The van der Waals surface area contributed by atoms with E-state index in [1.54, 1.807) is 38.1 Å². The zero-order chi connectivity index (χ0) is 55.9. The van der Waals surface area contributed by atoms with E-state index in [4.69, 9.17) is 39.4 Å². The number of nitrogens with zero attached hydrogens (tertiary/aromatic N) is 6. The number of H-pyrrole nitrogens is 1. The average Bonchev–Trinajstić information content (AvgIpc) is 4.15. The Balaban J connectivity index is 0.883. The van der Waals surface area contributed by atoms with Gasteiger partial charge in [0.05, 0.1) is 25.6 Å². The average molecular weight is 1160 g/mol. The number of rotatable bonds is 18. The van der Waals surface area contributed by atoms with Gasteiger partial charge in [0.1, 0.15) is 42.8 Å². The van der Waals surface area contributed by atoms with Crippen LogP contribution in [0.25, 0.3) is 11.2 Å². The van der Waals surface area contributed by atoms with Crippen LogP contribution in [-0.4, -0.2) is 142 Å². The second-order valence-corrected chi connectivity index (χ2v) is 24.9. The van der Waals surface area contributed by atoms with Crippen molar-refractivity contribution < 1.29 is 70.9 Å². The second kappa shape index (κ2) is 25.5. The molecule has 8 rings (SSSR count). The number of aromatic amines is 1. The number of carbonyl (C=O) groups is 6. The van der Waals surface area contributed by atoms with E-state index in [0.29, 0.717) is 43.5 Å². The summed E-state index contributed by atoms with van der Waals surface area (Å²) < 4.78 is 50.5. The zero-order valence-corrected chi connectivity index (χ0v) is 45.9. The van der Waals surface area contributed by atoms with Gasteiger partial charge in [-0.1, -0.05) is 50.7 Å². The number of fused-ring (bicyclic) bond motifs is 4. The molecular weight excluding hydrogens is 1100 g/mol. The van der Waals surface area contributed by atoms with Crippen molar-refractivity contribution in [1.82, 2.24) is 50.3 Å². The highest BCUT2D eigenvalue weighted by atomic mass is 32.7. The van der Waals surface area contributed by atoms with Crippen LogP contribution in [-0.2, 0) is 69.7 Å². The van der Waals surface area contributed by atoms with Crippen LogP contribution in [0.1, 0.15) is 87.9 Å².